The molecule has 10 N–H and O–H groups in total. The van der Waals surface area contributed by atoms with Crippen LogP contribution in [0.2, 0.25) is 0 Å². The molecule has 0 amide bonds. The molecular formula is C20H48CuN12O8+2. The van der Waals surface area contributed by atoms with Gasteiger partial charge in [0.2, 0.25) is 6.02 Å². The summed E-state index contributed by atoms with van der Waals surface area (Å²) in [4.78, 5) is 25.5. The van der Waals surface area contributed by atoms with Crippen molar-refractivity contribution >= 4 is 12.0 Å². The van der Waals surface area contributed by atoms with Gasteiger partial charge < -0.3 is 35.7 Å². The van der Waals surface area contributed by atoms with Crippen molar-refractivity contribution in [2.24, 2.45) is 9.98 Å². The molecule has 21 heteroatoms. The molecule has 245 valence electrons. The molecule has 0 spiro atoms. The Morgan fingerprint density at radius 3 is 1.76 bits per heavy atom. The summed E-state index contributed by atoms with van der Waals surface area (Å²) in [6.07, 6.45) is -0.705. The minimum Gasteiger partial charge on any atom is -0.596 e. The average Bonchev–Trinajstić information content (AvgIpc) is 2.76. The topological polar surface area (TPSA) is 265 Å². The molecule has 41 heavy (non-hydrogen) atoms. The Bertz CT molecular complexity index is 739. The summed E-state index contributed by atoms with van der Waals surface area (Å²) in [6, 6.07) is 1.68. The van der Waals surface area contributed by atoms with Gasteiger partial charge in [-0.25, -0.2) is 25.8 Å². The molecule has 2 rings (SSSR count). The first-order valence-corrected chi connectivity index (χ1v) is 12.4. The molecule has 0 aromatic carbocycles. The van der Waals surface area contributed by atoms with Crippen LogP contribution in [0.1, 0.15) is 55.4 Å². The van der Waals surface area contributed by atoms with E-state index in [1.165, 1.54) is 0 Å². The molecule has 0 aromatic heterocycles. The Morgan fingerprint density at radius 2 is 1.37 bits per heavy atom. The summed E-state index contributed by atoms with van der Waals surface area (Å²) in [6.45, 7) is 16.4. The molecule has 0 bridgehead atoms. The number of methoxy groups -OCH3 is 2. The van der Waals surface area contributed by atoms with Crippen molar-refractivity contribution in [2.45, 2.75) is 105 Å². The zero-order chi connectivity index (χ0) is 31.4. The summed E-state index contributed by atoms with van der Waals surface area (Å²) >= 11 is 0. The number of hydrogen-bond donors (Lipinski definition) is 10. The van der Waals surface area contributed by atoms with Crippen LogP contribution < -0.4 is 31.9 Å². The first kappa shape index (κ1) is 42.8. The number of guanidine groups is 1. The van der Waals surface area contributed by atoms with Crippen LogP contribution in [-0.2, 0) is 26.5 Å². The molecule has 0 aromatic rings. The summed E-state index contributed by atoms with van der Waals surface area (Å²) in [7, 11) is 3.21. The molecular weight excluding hydrogens is 600 g/mol. The first-order valence-electron chi connectivity index (χ1n) is 12.4. The Kier molecular flexibility index (Phi) is 25.1. The van der Waals surface area contributed by atoms with Crippen molar-refractivity contribution in [3.8, 4) is 0 Å². The smallest absolute Gasteiger partial charge is 0.596 e. The van der Waals surface area contributed by atoms with Crippen molar-refractivity contribution in [3.05, 3.63) is 20.4 Å². The van der Waals surface area contributed by atoms with Gasteiger partial charge in [-0.05, 0) is 40.0 Å². The monoisotopic (exact) mass is 647 g/mol. The van der Waals surface area contributed by atoms with Gasteiger partial charge in [0.15, 0.2) is 0 Å². The second-order valence-electron chi connectivity index (χ2n) is 9.19. The summed E-state index contributed by atoms with van der Waals surface area (Å²) in [5, 5.41) is 53.0. The summed E-state index contributed by atoms with van der Waals surface area (Å²) in [5.74, 6) is 0.556. The molecule has 1 radical (unpaired) electrons. The van der Waals surface area contributed by atoms with Crippen molar-refractivity contribution in [1.29, 1.82) is 0 Å². The predicted octanol–water partition coefficient (Wildman–Crippen LogP) is 0.143. The Hall–Kier alpha value is -2.62. The zero-order valence-corrected chi connectivity index (χ0v) is 26.0. The fraction of sp³-hybridized carbons (Fsp3) is 0.900. The zero-order valence-electron chi connectivity index (χ0n) is 25.0. The van der Waals surface area contributed by atoms with Gasteiger partial charge in [0, 0.05) is 37.5 Å². The van der Waals surface area contributed by atoms with Gasteiger partial charge in [0.05, 0.1) is 7.11 Å². The number of amidine groups is 1. The van der Waals surface area contributed by atoms with E-state index in [1.807, 2.05) is 27.7 Å². The van der Waals surface area contributed by atoms with Gasteiger partial charge in [-0.1, -0.05) is 27.7 Å². The van der Waals surface area contributed by atoms with Crippen LogP contribution in [-0.4, -0.2) is 107 Å². The fourth-order valence-corrected chi connectivity index (χ4v) is 2.74. The van der Waals surface area contributed by atoms with E-state index < -0.39 is 10.2 Å². The van der Waals surface area contributed by atoms with Crippen LogP contribution in [0.15, 0.2) is 9.98 Å². The van der Waals surface area contributed by atoms with E-state index in [0.29, 0.717) is 30.1 Å². The normalized spacial score (nSPS) is 22.4. The molecule has 2 aliphatic heterocycles. The molecule has 2 heterocycles. The third-order valence-corrected chi connectivity index (χ3v) is 3.89. The fourth-order valence-electron chi connectivity index (χ4n) is 2.74. The number of nitrogens with zero attached hydrogens (tertiary/aromatic N) is 6. The van der Waals surface area contributed by atoms with Gasteiger partial charge in [-0.15, -0.1) is 0 Å². The second-order valence-corrected chi connectivity index (χ2v) is 9.19. The molecule has 2 aliphatic rings. The second kappa shape index (κ2) is 24.0. The van der Waals surface area contributed by atoms with Gasteiger partial charge in [0.1, 0.15) is 22.4 Å². The largest absolute Gasteiger partial charge is 2.00 e. The first-order chi connectivity index (χ1) is 18.5. The van der Waals surface area contributed by atoms with Gasteiger partial charge in [-0.3, -0.25) is 21.3 Å². The Balaban J connectivity index is -0.000000548. The molecule has 1 saturated heterocycles. The van der Waals surface area contributed by atoms with Crippen LogP contribution in [0.3, 0.4) is 0 Å². The minimum atomic E-state index is -1.25. The standard InChI is InChI=1S/C10H24N5O.C10H20N5O.Cu.2H2NO3/c2*1-6(2)11-8-13-9(12-7(3)4)15-10(14-8)16-5;;2*2-1(3)4/h6-14H,1-5H3;6-8,11H,1-5H3,(H-,12,13,14,15);;2*(H2,2,3,4)/q2*-1;+2;2*+1. The van der Waals surface area contributed by atoms with Crippen LogP contribution in [0.4, 0.5) is 0 Å². The summed E-state index contributed by atoms with van der Waals surface area (Å²) < 4.78 is 10.3. The average molecular weight is 648 g/mol. The van der Waals surface area contributed by atoms with E-state index in [0.717, 1.165) is 0 Å². The number of rotatable bonds is 8. The number of ether oxygens (including phenoxy) is 2. The van der Waals surface area contributed by atoms with E-state index in [4.69, 9.17) is 40.1 Å². The molecule has 4 unspecified atom stereocenters. The maximum atomic E-state index is 8.47. The molecule has 0 aliphatic carbocycles. The number of hydrogen-bond acceptors (Lipinski definition) is 11. The summed E-state index contributed by atoms with van der Waals surface area (Å²) in [5.41, 5.74) is 0. The van der Waals surface area contributed by atoms with Gasteiger partial charge in [-0.2, -0.15) is 0 Å². The number of aliphatic imine (C=N–C) groups is 2. The van der Waals surface area contributed by atoms with E-state index in [-0.39, 0.29) is 48.3 Å². The van der Waals surface area contributed by atoms with Gasteiger partial charge in [0.25, 0.3) is 0 Å². The van der Waals surface area contributed by atoms with Gasteiger partial charge >= 0.3 is 27.2 Å². The Morgan fingerprint density at radius 1 is 0.878 bits per heavy atom. The van der Waals surface area contributed by atoms with E-state index in [9.17, 15) is 0 Å². The van der Waals surface area contributed by atoms with E-state index in [1.54, 1.807) is 14.2 Å². The molecule has 20 nitrogen and oxygen atoms in total. The number of nitrogens with one attached hydrogen (secondary N) is 6. The molecule has 1 fully saturated rings. The maximum Gasteiger partial charge on any atom is 2.00 e. The third-order valence-electron chi connectivity index (χ3n) is 3.89. The van der Waals surface area contributed by atoms with Crippen molar-refractivity contribution < 1.29 is 57.5 Å². The maximum absolute atomic E-state index is 8.47. The van der Waals surface area contributed by atoms with Crippen LogP contribution in [0.5, 0.6) is 0 Å². The van der Waals surface area contributed by atoms with Crippen molar-refractivity contribution in [2.75, 3.05) is 14.2 Å². The predicted molar refractivity (Wildman–Crippen MR) is 145 cm³/mol. The third kappa shape index (κ3) is 27.3. The van der Waals surface area contributed by atoms with Crippen LogP contribution in [0.25, 0.3) is 10.6 Å². The Labute approximate surface area is 250 Å². The minimum absolute atomic E-state index is 0. The van der Waals surface area contributed by atoms with Crippen LogP contribution >= 0.6 is 0 Å². The van der Waals surface area contributed by atoms with Crippen molar-refractivity contribution in [3.63, 3.8) is 0 Å². The van der Waals surface area contributed by atoms with Crippen molar-refractivity contribution in [1.82, 2.24) is 31.9 Å². The van der Waals surface area contributed by atoms with E-state index >= 15 is 0 Å². The van der Waals surface area contributed by atoms with Crippen LogP contribution in [0, 0.1) is 9.81 Å². The molecule has 0 saturated carbocycles. The SMILES string of the molecule is COC1=NC(NC(C)C)[N-]C(=NC(C)C)N1.COC1[N-]C(NC(C)C)NC(NC(C)C)N1.O=[N+](O)O.O=[N+](O)O.[Cu+2]. The molecule has 4 atom stereocenters. The van der Waals surface area contributed by atoms with E-state index in [2.05, 4.69) is 80.2 Å². The quantitative estimate of drug-likeness (QED) is 0.124.